The Labute approximate surface area is 516 Å². The minimum atomic E-state index is -1.83. The Morgan fingerprint density at radius 1 is 0.448 bits per heavy atom. The van der Waals surface area contributed by atoms with Crippen molar-refractivity contribution in [3.8, 4) is 0 Å². The molecular weight excluding hydrogens is 1130 g/mol. The number of likely N-dealkylation sites (N-methyl/N-ethyl adjacent to an activating group) is 6. The van der Waals surface area contributed by atoms with E-state index in [2.05, 4.69) is 31.5 Å². The number of nitrogens with zero attached hydrogens (tertiary/aromatic N) is 6. The minimum Gasteiger partial charge on any atom is -0.391 e. The molecule has 1 heterocycles. The Morgan fingerprint density at radius 2 is 0.851 bits per heavy atom. The SMILES string of the molecule is C/C=C/C[C@@H](C)[C@@H](O)[C@H]1C(=O)N[C@@H]([C@@H](C)O)C(=O)N(C)[C@H](C)C(=O)N(C)[C@@H]([C@@H](C)OO)C(=O)N[C@@H](CC(C)C)C(=O)N(C)[C@@H](CC(C)C)C(=O)N[C@@H](C)C(=O)N[C@H](C)C(=O)N(C)[C@@H](CC(C)C)C(=O)N[C@@H](CC(C)C)C(=O)N(C)[C@@H](C(C)C)C(=O)N1C. The number of hydrogen-bond donors (Lipinski definition) is 8. The number of aliphatic hydroxyl groups is 2. The van der Waals surface area contributed by atoms with Crippen LogP contribution in [0.25, 0.3) is 0 Å². The first-order valence-corrected chi connectivity index (χ1v) is 30.5. The molecule has 8 N–H and O–H groups in total. The van der Waals surface area contributed by atoms with Gasteiger partial charge in [0.15, 0.2) is 0 Å². The summed E-state index contributed by atoms with van der Waals surface area (Å²) in [6.07, 6.45) is -0.746. The summed E-state index contributed by atoms with van der Waals surface area (Å²) in [4.78, 5) is 171. The molecule has 0 saturated carbocycles. The maximum absolute atomic E-state index is 15.1. The molecule has 0 aromatic carbocycles. The van der Waals surface area contributed by atoms with Gasteiger partial charge in [0.2, 0.25) is 65.0 Å². The Hall–Kier alpha value is -6.25. The fourth-order valence-corrected chi connectivity index (χ4v) is 10.7. The molecule has 26 nitrogen and oxygen atoms in total. The summed E-state index contributed by atoms with van der Waals surface area (Å²) >= 11 is 0. The first kappa shape index (κ1) is 78.8. The Morgan fingerprint density at radius 3 is 1.29 bits per heavy atom. The average molecular weight is 1240 g/mol. The molecule has 498 valence electrons. The quantitative estimate of drug-likeness (QED) is 0.0617. The summed E-state index contributed by atoms with van der Waals surface area (Å²) in [7, 11) is 7.79. The molecule has 1 fully saturated rings. The van der Waals surface area contributed by atoms with Gasteiger partial charge in [-0.15, -0.1) is 0 Å². The molecule has 1 rings (SSSR count). The second kappa shape index (κ2) is 35.7. The van der Waals surface area contributed by atoms with Gasteiger partial charge in [0.25, 0.3) is 0 Å². The second-order valence-corrected chi connectivity index (χ2v) is 25.9. The molecule has 11 amide bonds. The summed E-state index contributed by atoms with van der Waals surface area (Å²) in [5, 5.41) is 46.6. The molecule has 1 aliphatic rings. The van der Waals surface area contributed by atoms with E-state index < -0.39 is 162 Å². The highest BCUT2D eigenvalue weighted by Gasteiger charge is 2.46. The first-order valence-electron chi connectivity index (χ1n) is 30.5. The van der Waals surface area contributed by atoms with Gasteiger partial charge in [0, 0.05) is 42.3 Å². The van der Waals surface area contributed by atoms with E-state index in [1.54, 1.807) is 53.7 Å². The van der Waals surface area contributed by atoms with Crippen LogP contribution in [-0.4, -0.2) is 237 Å². The van der Waals surface area contributed by atoms with Gasteiger partial charge in [0.1, 0.15) is 72.6 Å². The number of aliphatic hydroxyl groups excluding tert-OH is 2. The highest BCUT2D eigenvalue weighted by atomic mass is 17.1. The summed E-state index contributed by atoms with van der Waals surface area (Å²) < 4.78 is 0. The van der Waals surface area contributed by atoms with Crippen LogP contribution in [0.4, 0.5) is 0 Å². The van der Waals surface area contributed by atoms with Crippen LogP contribution >= 0.6 is 0 Å². The molecule has 15 atom stereocenters. The third kappa shape index (κ3) is 22.1. The number of amides is 11. The van der Waals surface area contributed by atoms with E-state index in [1.165, 1.54) is 81.8 Å². The summed E-state index contributed by atoms with van der Waals surface area (Å²) in [6, 6.07) is -15.6. The van der Waals surface area contributed by atoms with Gasteiger partial charge in [-0.2, -0.15) is 0 Å². The molecule has 0 spiro atoms. The van der Waals surface area contributed by atoms with Crippen molar-refractivity contribution in [2.45, 2.75) is 235 Å². The number of allylic oxidation sites excluding steroid dienone is 2. The Balaban J connectivity index is 4.39. The van der Waals surface area contributed by atoms with Crippen LogP contribution in [0.15, 0.2) is 12.2 Å². The first-order chi connectivity index (χ1) is 40.1. The largest absolute Gasteiger partial charge is 0.391 e. The number of carbonyl (C=O) groups is 11. The van der Waals surface area contributed by atoms with E-state index in [9.17, 15) is 63.4 Å². The van der Waals surface area contributed by atoms with Crippen LogP contribution in [0.1, 0.15) is 150 Å². The zero-order valence-electron chi connectivity index (χ0n) is 56.2. The maximum atomic E-state index is 15.1. The lowest BCUT2D eigenvalue weighted by molar-refractivity contribution is -0.282. The Bertz CT molecular complexity index is 2390. The molecule has 0 bridgehead atoms. The fourth-order valence-electron chi connectivity index (χ4n) is 10.7. The van der Waals surface area contributed by atoms with E-state index in [1.807, 2.05) is 41.5 Å². The van der Waals surface area contributed by atoms with Crippen molar-refractivity contribution in [3.05, 3.63) is 12.2 Å². The molecule has 1 saturated heterocycles. The minimum absolute atomic E-state index is 0.0190. The van der Waals surface area contributed by atoms with Crippen molar-refractivity contribution in [3.63, 3.8) is 0 Å². The van der Waals surface area contributed by atoms with Crippen LogP contribution in [0, 0.1) is 35.5 Å². The lowest BCUT2D eigenvalue weighted by Crippen LogP contribution is -2.65. The van der Waals surface area contributed by atoms with Crippen LogP contribution in [0.2, 0.25) is 0 Å². The fraction of sp³-hybridized carbons (Fsp3) is 0.787. The van der Waals surface area contributed by atoms with E-state index in [-0.39, 0.29) is 55.8 Å². The number of nitrogens with one attached hydrogen (secondary N) is 5. The average Bonchev–Trinajstić information content (AvgIpc) is 2.42. The Kier molecular flexibility index (Phi) is 32.3. The van der Waals surface area contributed by atoms with Gasteiger partial charge in [-0.1, -0.05) is 88.3 Å². The van der Waals surface area contributed by atoms with Crippen LogP contribution in [-0.2, 0) is 57.6 Å². The second-order valence-electron chi connectivity index (χ2n) is 25.9. The van der Waals surface area contributed by atoms with E-state index >= 15 is 4.79 Å². The van der Waals surface area contributed by atoms with Crippen molar-refractivity contribution in [2.24, 2.45) is 35.5 Å². The number of rotatable bonds is 16. The van der Waals surface area contributed by atoms with Crippen LogP contribution in [0.5, 0.6) is 0 Å². The van der Waals surface area contributed by atoms with Crippen molar-refractivity contribution in [2.75, 3.05) is 42.3 Å². The molecule has 87 heavy (non-hydrogen) atoms. The van der Waals surface area contributed by atoms with Gasteiger partial charge in [-0.25, -0.2) is 4.89 Å². The van der Waals surface area contributed by atoms with Gasteiger partial charge < -0.3 is 66.2 Å². The summed E-state index contributed by atoms with van der Waals surface area (Å²) in [5.41, 5.74) is 0. The van der Waals surface area contributed by atoms with Crippen LogP contribution < -0.4 is 26.6 Å². The predicted molar refractivity (Wildman–Crippen MR) is 328 cm³/mol. The molecule has 1 aliphatic heterocycles. The van der Waals surface area contributed by atoms with E-state index in [0.29, 0.717) is 0 Å². The lowest BCUT2D eigenvalue weighted by Gasteiger charge is -2.40. The number of hydrogen-bond acceptors (Lipinski definition) is 15. The molecule has 0 radical (unpaired) electrons. The third-order valence-corrected chi connectivity index (χ3v) is 16.1. The van der Waals surface area contributed by atoms with Gasteiger partial charge in [0.05, 0.1) is 12.2 Å². The highest BCUT2D eigenvalue weighted by molar-refractivity contribution is 6.00. The van der Waals surface area contributed by atoms with Crippen molar-refractivity contribution < 1.29 is 73.1 Å². The molecular formula is C61H109N11O15. The smallest absolute Gasteiger partial charge is 0.248 e. The molecule has 0 aromatic heterocycles. The topological polar surface area (TPSA) is 337 Å². The van der Waals surface area contributed by atoms with Crippen molar-refractivity contribution in [1.29, 1.82) is 0 Å². The summed E-state index contributed by atoms with van der Waals surface area (Å²) in [6.45, 7) is 27.8. The normalized spacial score (nSPS) is 28.0. The monoisotopic (exact) mass is 1240 g/mol. The zero-order valence-corrected chi connectivity index (χ0v) is 56.2. The maximum Gasteiger partial charge on any atom is 0.248 e. The van der Waals surface area contributed by atoms with E-state index in [0.717, 1.165) is 24.5 Å². The predicted octanol–water partition coefficient (Wildman–Crippen LogP) is 1.51. The lowest BCUT2D eigenvalue weighted by atomic mass is 9.91. The summed E-state index contributed by atoms with van der Waals surface area (Å²) in [5.74, 6) is -11.3. The van der Waals surface area contributed by atoms with Crippen molar-refractivity contribution >= 4 is 65.0 Å². The third-order valence-electron chi connectivity index (χ3n) is 16.1. The molecule has 26 heteroatoms. The van der Waals surface area contributed by atoms with Gasteiger partial charge >= 0.3 is 0 Å². The van der Waals surface area contributed by atoms with Gasteiger partial charge in [-0.3, -0.25) is 58.0 Å². The molecule has 0 unspecified atom stereocenters. The molecule has 0 aliphatic carbocycles. The number of carbonyl (C=O) groups excluding carboxylic acids is 11. The standard InChI is InChI=1S/C61H109N11O15/c1-24-25-26-36(12)50(74)49-55(79)66-46(40(16)73)60(84)67(18)39(15)57(81)71(22)48(41(17)87-86)54(78)65-42(27-31(2)3)58(82)69(20)44(29-33(6)7)52(76)62-37(13)51(75)63-38(14)56(80)68(19)45(30-34(8)9)53(77)64-43(28-32(4)5)59(83)70(21)47(35(10)11)61(85)72(49)23/h24-25,31-50,73-74,86H,26-30H2,1-23H3,(H,62,76)(H,63,75)(H,64,77)(H,65,78)(H,66,79)/b25-24+/t36-,37+,38-,39-,40-,41-,42+,43+,44+,45+,46+,47+,48+,49+,50-/m1/s1. The highest BCUT2D eigenvalue weighted by Crippen LogP contribution is 2.24. The zero-order chi connectivity index (χ0) is 67.6. The molecule has 0 aromatic rings. The van der Waals surface area contributed by atoms with Crippen LogP contribution in [0.3, 0.4) is 0 Å². The van der Waals surface area contributed by atoms with Crippen molar-refractivity contribution in [1.82, 2.24) is 56.0 Å². The van der Waals surface area contributed by atoms with E-state index in [4.69, 9.17) is 0 Å². The van der Waals surface area contributed by atoms with Gasteiger partial charge in [-0.05, 0) is 109 Å².